The zero-order chi connectivity index (χ0) is 24.1. The molecule has 32 heavy (non-hydrogen) atoms. The van der Waals surface area contributed by atoms with Crippen molar-refractivity contribution in [1.29, 1.82) is 0 Å². The standard InChI is InChI=1S/C22H29N3O6S/c1-6-31-22(26)21-16(5)23-15(4)19(10-11-32(29,30)24-14(2)3)20(21)13-17-8-7-9-18(12-17)25(27)28/h7-12,14,20,23-24H,6,13H2,1-5H3/b11-10+. The molecule has 0 aliphatic carbocycles. The van der Waals surface area contributed by atoms with Gasteiger partial charge in [-0.05, 0) is 58.3 Å². The molecule has 0 fully saturated rings. The van der Waals surface area contributed by atoms with Gasteiger partial charge in [-0.3, -0.25) is 10.1 Å². The Labute approximate surface area is 188 Å². The zero-order valence-electron chi connectivity index (χ0n) is 18.8. The smallest absolute Gasteiger partial charge is 0.336 e. The monoisotopic (exact) mass is 463 g/mol. The summed E-state index contributed by atoms with van der Waals surface area (Å²) < 4.78 is 32.4. The van der Waals surface area contributed by atoms with Gasteiger partial charge in [-0.25, -0.2) is 17.9 Å². The average molecular weight is 464 g/mol. The third-order valence-corrected chi connectivity index (χ3v) is 6.11. The molecule has 0 saturated heterocycles. The number of sulfonamides is 1. The number of hydrogen-bond donors (Lipinski definition) is 2. The van der Waals surface area contributed by atoms with Gasteiger partial charge in [0, 0.05) is 40.9 Å². The van der Waals surface area contributed by atoms with Gasteiger partial charge in [0.1, 0.15) is 0 Å². The van der Waals surface area contributed by atoms with E-state index < -0.39 is 26.8 Å². The molecule has 0 aromatic heterocycles. The van der Waals surface area contributed by atoms with Crippen LogP contribution in [0.15, 0.2) is 58.3 Å². The maximum absolute atomic E-state index is 12.8. The van der Waals surface area contributed by atoms with Crippen LogP contribution in [0, 0.1) is 16.0 Å². The number of hydrogen-bond acceptors (Lipinski definition) is 7. The fourth-order valence-corrected chi connectivity index (χ4v) is 4.68. The topological polar surface area (TPSA) is 128 Å². The second-order valence-corrected chi connectivity index (χ2v) is 9.37. The molecule has 1 heterocycles. The first kappa shape index (κ1) is 25.3. The van der Waals surface area contributed by atoms with Crippen LogP contribution < -0.4 is 10.0 Å². The van der Waals surface area contributed by atoms with E-state index in [0.29, 0.717) is 28.1 Å². The number of ether oxygens (including phenoxy) is 1. The number of nitro groups is 1. The van der Waals surface area contributed by atoms with Crippen LogP contribution in [0.4, 0.5) is 5.69 Å². The highest BCUT2D eigenvalue weighted by Crippen LogP contribution is 2.34. The lowest BCUT2D eigenvalue weighted by molar-refractivity contribution is -0.384. The molecule has 0 radical (unpaired) electrons. The number of benzene rings is 1. The highest BCUT2D eigenvalue weighted by Gasteiger charge is 2.32. The number of nitro benzene ring substituents is 1. The first-order valence-corrected chi connectivity index (χ1v) is 11.8. The summed E-state index contributed by atoms with van der Waals surface area (Å²) >= 11 is 0. The van der Waals surface area contributed by atoms with Crippen LogP contribution in [-0.4, -0.2) is 32.0 Å². The molecule has 1 unspecified atom stereocenters. The fourth-order valence-electron chi connectivity index (χ4n) is 3.62. The van der Waals surface area contributed by atoms with E-state index in [2.05, 4.69) is 10.0 Å². The second kappa shape index (κ2) is 10.6. The summed E-state index contributed by atoms with van der Waals surface area (Å²) in [5, 5.41) is 15.4. The molecule has 0 bridgehead atoms. The number of carbonyl (C=O) groups excluding carboxylic acids is 1. The summed E-state index contributed by atoms with van der Waals surface area (Å²) in [5.74, 6) is -1.07. The number of non-ortho nitro benzene ring substituents is 1. The van der Waals surface area contributed by atoms with Crippen molar-refractivity contribution in [2.45, 2.75) is 47.1 Å². The van der Waals surface area contributed by atoms with Crippen LogP contribution in [0.2, 0.25) is 0 Å². The lowest BCUT2D eigenvalue weighted by atomic mass is 9.81. The van der Waals surface area contributed by atoms with Crippen molar-refractivity contribution in [3.05, 3.63) is 74.0 Å². The maximum atomic E-state index is 12.8. The number of rotatable bonds is 9. The summed E-state index contributed by atoms with van der Waals surface area (Å²) in [6, 6.07) is 5.89. The number of nitrogens with zero attached hydrogens (tertiary/aromatic N) is 1. The first-order chi connectivity index (χ1) is 14.9. The summed E-state index contributed by atoms with van der Waals surface area (Å²) in [4.78, 5) is 23.5. The van der Waals surface area contributed by atoms with Gasteiger partial charge in [0.25, 0.3) is 5.69 Å². The summed E-state index contributed by atoms with van der Waals surface area (Å²) in [6.45, 7) is 8.84. The molecule has 1 aromatic carbocycles. The van der Waals surface area contributed by atoms with E-state index in [4.69, 9.17) is 4.74 Å². The van der Waals surface area contributed by atoms with Crippen LogP contribution in [0.1, 0.15) is 40.2 Å². The van der Waals surface area contributed by atoms with Crippen molar-refractivity contribution < 1.29 is 22.9 Å². The predicted molar refractivity (Wildman–Crippen MR) is 122 cm³/mol. The molecule has 0 saturated carbocycles. The molecule has 1 aliphatic rings. The van der Waals surface area contributed by atoms with E-state index in [1.54, 1.807) is 46.8 Å². The number of nitrogens with one attached hydrogen (secondary N) is 2. The van der Waals surface area contributed by atoms with Crippen molar-refractivity contribution in [1.82, 2.24) is 10.0 Å². The molecule has 1 aliphatic heterocycles. The third-order valence-electron chi connectivity index (χ3n) is 4.82. The Morgan fingerprint density at radius 2 is 2.00 bits per heavy atom. The molecule has 10 heteroatoms. The van der Waals surface area contributed by atoms with Gasteiger partial charge in [0.15, 0.2) is 0 Å². The minimum Gasteiger partial charge on any atom is -0.463 e. The van der Waals surface area contributed by atoms with Crippen LogP contribution in [0.3, 0.4) is 0 Å². The van der Waals surface area contributed by atoms with Crippen LogP contribution >= 0.6 is 0 Å². The SMILES string of the molecule is CCOC(=O)C1=C(C)NC(C)=C(/C=C/S(=O)(=O)NC(C)C)C1Cc1cccc([N+](=O)[O-])c1. The highest BCUT2D eigenvalue weighted by molar-refractivity contribution is 7.92. The Balaban J connectivity index is 2.54. The number of carbonyl (C=O) groups is 1. The van der Waals surface area contributed by atoms with Gasteiger partial charge in [-0.2, -0.15) is 0 Å². The van der Waals surface area contributed by atoms with E-state index in [1.807, 2.05) is 0 Å². The number of dihydropyridines is 1. The molecular weight excluding hydrogens is 434 g/mol. The molecule has 2 rings (SSSR count). The minimum absolute atomic E-state index is 0.0590. The zero-order valence-corrected chi connectivity index (χ0v) is 19.7. The molecule has 2 N–H and O–H groups in total. The van der Waals surface area contributed by atoms with Crippen LogP contribution in [-0.2, 0) is 26.0 Å². The van der Waals surface area contributed by atoms with Crippen LogP contribution in [0.25, 0.3) is 0 Å². The molecule has 0 spiro atoms. The van der Waals surface area contributed by atoms with Gasteiger partial charge >= 0.3 is 5.97 Å². The Morgan fingerprint density at radius 3 is 2.59 bits per heavy atom. The molecule has 174 valence electrons. The lowest BCUT2D eigenvalue weighted by Crippen LogP contribution is -2.31. The average Bonchev–Trinajstić information content (AvgIpc) is 2.66. The first-order valence-electron chi connectivity index (χ1n) is 10.2. The van der Waals surface area contributed by atoms with Crippen molar-refractivity contribution >= 4 is 21.7 Å². The maximum Gasteiger partial charge on any atom is 0.336 e. The Kier molecular flexibility index (Phi) is 8.34. The Morgan fingerprint density at radius 1 is 1.31 bits per heavy atom. The van der Waals surface area contributed by atoms with E-state index in [-0.39, 0.29) is 24.8 Å². The van der Waals surface area contributed by atoms with Crippen molar-refractivity contribution in [2.75, 3.05) is 6.61 Å². The molecule has 9 nitrogen and oxygen atoms in total. The van der Waals surface area contributed by atoms with Crippen molar-refractivity contribution in [2.24, 2.45) is 5.92 Å². The van der Waals surface area contributed by atoms with Crippen molar-refractivity contribution in [3.8, 4) is 0 Å². The lowest BCUT2D eigenvalue weighted by Gasteiger charge is -2.30. The van der Waals surface area contributed by atoms with Crippen molar-refractivity contribution in [3.63, 3.8) is 0 Å². The summed E-state index contributed by atoms with van der Waals surface area (Å²) in [5.41, 5.74) is 2.80. The van der Waals surface area contributed by atoms with Gasteiger partial charge in [0.05, 0.1) is 17.1 Å². The highest BCUT2D eigenvalue weighted by atomic mass is 32.2. The summed E-state index contributed by atoms with van der Waals surface area (Å²) in [7, 11) is -3.69. The van der Waals surface area contributed by atoms with Gasteiger partial charge < -0.3 is 10.1 Å². The molecule has 0 amide bonds. The molecule has 1 aromatic rings. The largest absolute Gasteiger partial charge is 0.463 e. The quantitative estimate of drug-likeness (QED) is 0.327. The van der Waals surface area contributed by atoms with Gasteiger partial charge in [-0.1, -0.05) is 12.1 Å². The van der Waals surface area contributed by atoms with Gasteiger partial charge in [-0.15, -0.1) is 0 Å². The minimum atomic E-state index is -3.69. The predicted octanol–water partition coefficient (Wildman–Crippen LogP) is 3.31. The van der Waals surface area contributed by atoms with E-state index in [0.717, 1.165) is 5.41 Å². The summed E-state index contributed by atoms with van der Waals surface area (Å²) in [6.07, 6.45) is 1.71. The normalized spacial score (nSPS) is 17.1. The second-order valence-electron chi connectivity index (χ2n) is 7.77. The van der Waals surface area contributed by atoms with E-state index in [1.165, 1.54) is 18.2 Å². The fraction of sp³-hybridized carbons (Fsp3) is 0.409. The van der Waals surface area contributed by atoms with E-state index >= 15 is 0 Å². The van der Waals surface area contributed by atoms with E-state index in [9.17, 15) is 23.3 Å². The van der Waals surface area contributed by atoms with Gasteiger partial charge in [0.2, 0.25) is 10.0 Å². The van der Waals surface area contributed by atoms with Crippen LogP contribution in [0.5, 0.6) is 0 Å². The Bertz CT molecular complexity index is 1090. The Hall–Kier alpha value is -2.98. The number of allylic oxidation sites excluding steroid dienone is 4. The molecular formula is C22H29N3O6S. The number of esters is 1. The third kappa shape index (κ3) is 6.51. The molecule has 1 atom stereocenters.